The Morgan fingerprint density at radius 2 is 2.05 bits per heavy atom. The Bertz CT molecular complexity index is 641. The molecular formula is C19H24N2O. The van der Waals surface area contributed by atoms with Gasteiger partial charge in [-0.2, -0.15) is 0 Å². The third-order valence-electron chi connectivity index (χ3n) is 4.62. The van der Waals surface area contributed by atoms with Crippen molar-refractivity contribution in [3.05, 3.63) is 48.0 Å². The third-order valence-corrected chi connectivity index (χ3v) is 4.62. The van der Waals surface area contributed by atoms with Crippen molar-refractivity contribution in [2.24, 2.45) is 5.92 Å². The number of nitrogens with one attached hydrogen (secondary N) is 1. The number of carbonyl (C=O) groups excluding carboxylic acids is 1. The first-order chi connectivity index (χ1) is 10.8. The summed E-state index contributed by atoms with van der Waals surface area (Å²) < 4.78 is 0. The number of nitrogens with zero attached hydrogens (tertiary/aromatic N) is 1. The monoisotopic (exact) mass is 296 g/mol. The van der Waals surface area contributed by atoms with Crippen LogP contribution in [0.5, 0.6) is 0 Å². The van der Waals surface area contributed by atoms with Crippen molar-refractivity contribution >= 4 is 16.7 Å². The molecule has 1 atom stereocenters. The molecule has 1 unspecified atom stereocenters. The first kappa shape index (κ1) is 15.0. The number of piperidine rings is 1. The van der Waals surface area contributed by atoms with Crippen LogP contribution in [-0.4, -0.2) is 37.5 Å². The lowest BCUT2D eigenvalue weighted by Crippen LogP contribution is -2.42. The van der Waals surface area contributed by atoms with E-state index in [4.69, 9.17) is 0 Å². The quantitative estimate of drug-likeness (QED) is 0.941. The van der Waals surface area contributed by atoms with E-state index in [1.165, 1.54) is 16.3 Å². The van der Waals surface area contributed by atoms with Crippen LogP contribution in [0.15, 0.2) is 42.5 Å². The smallest absolute Gasteiger partial charge is 0.226 e. The average Bonchev–Trinajstić information content (AvgIpc) is 2.59. The van der Waals surface area contributed by atoms with E-state index < -0.39 is 0 Å². The number of likely N-dealkylation sites (N-methyl/N-ethyl adjacent to an activating group) is 1. The maximum atomic E-state index is 12.5. The minimum atomic E-state index is 0.159. The highest BCUT2D eigenvalue weighted by Gasteiger charge is 2.23. The van der Waals surface area contributed by atoms with Gasteiger partial charge < -0.3 is 10.2 Å². The zero-order valence-electron chi connectivity index (χ0n) is 13.2. The van der Waals surface area contributed by atoms with Gasteiger partial charge in [0.25, 0.3) is 0 Å². The lowest BCUT2D eigenvalue weighted by atomic mass is 9.97. The molecule has 3 nitrogen and oxygen atoms in total. The number of rotatable bonds is 4. The molecule has 1 aliphatic heterocycles. The first-order valence-corrected chi connectivity index (χ1v) is 8.18. The van der Waals surface area contributed by atoms with Crippen LogP contribution in [0, 0.1) is 5.92 Å². The van der Waals surface area contributed by atoms with Crippen LogP contribution in [0.25, 0.3) is 10.8 Å². The molecule has 0 spiro atoms. The number of benzene rings is 2. The van der Waals surface area contributed by atoms with Crippen molar-refractivity contribution in [2.45, 2.75) is 19.3 Å². The Hall–Kier alpha value is -1.87. The molecule has 3 rings (SSSR count). The highest BCUT2D eigenvalue weighted by Crippen LogP contribution is 2.19. The molecule has 22 heavy (non-hydrogen) atoms. The van der Waals surface area contributed by atoms with Gasteiger partial charge in [0, 0.05) is 20.1 Å². The Kier molecular flexibility index (Phi) is 4.74. The fourth-order valence-electron chi connectivity index (χ4n) is 3.28. The van der Waals surface area contributed by atoms with Crippen LogP contribution < -0.4 is 5.32 Å². The second-order valence-electron chi connectivity index (χ2n) is 6.19. The summed E-state index contributed by atoms with van der Waals surface area (Å²) in [6.45, 7) is 2.66. The fourth-order valence-corrected chi connectivity index (χ4v) is 3.28. The Balaban J connectivity index is 1.64. The number of hydrogen-bond donors (Lipinski definition) is 1. The summed E-state index contributed by atoms with van der Waals surface area (Å²) in [4.78, 5) is 14.4. The van der Waals surface area contributed by atoms with Gasteiger partial charge in [0.1, 0.15) is 0 Å². The van der Waals surface area contributed by atoms with Crippen molar-refractivity contribution in [1.82, 2.24) is 10.2 Å². The SMILES string of the molecule is CN(CCc1cccc2ccccc12)C(=O)C1CCCNC1. The van der Waals surface area contributed by atoms with E-state index in [0.717, 1.165) is 38.9 Å². The van der Waals surface area contributed by atoms with Gasteiger partial charge >= 0.3 is 0 Å². The van der Waals surface area contributed by atoms with Crippen LogP contribution in [0.2, 0.25) is 0 Å². The molecule has 0 aromatic heterocycles. The van der Waals surface area contributed by atoms with Crippen molar-refractivity contribution in [3.8, 4) is 0 Å². The normalized spacial score (nSPS) is 18.3. The van der Waals surface area contributed by atoms with Gasteiger partial charge in [-0.3, -0.25) is 4.79 Å². The summed E-state index contributed by atoms with van der Waals surface area (Å²) in [6, 6.07) is 14.9. The molecule has 2 aromatic rings. The van der Waals surface area contributed by atoms with Gasteiger partial charge in [-0.15, -0.1) is 0 Å². The van der Waals surface area contributed by atoms with E-state index in [2.05, 4.69) is 47.8 Å². The summed E-state index contributed by atoms with van der Waals surface area (Å²) in [6.07, 6.45) is 3.03. The summed E-state index contributed by atoms with van der Waals surface area (Å²) in [5.41, 5.74) is 1.32. The molecule has 1 aliphatic rings. The van der Waals surface area contributed by atoms with Crippen LogP contribution in [-0.2, 0) is 11.2 Å². The second-order valence-corrected chi connectivity index (χ2v) is 6.19. The lowest BCUT2D eigenvalue weighted by Gasteiger charge is -2.27. The van der Waals surface area contributed by atoms with Crippen molar-refractivity contribution < 1.29 is 4.79 Å². The molecule has 1 heterocycles. The maximum Gasteiger partial charge on any atom is 0.226 e. The summed E-state index contributed by atoms with van der Waals surface area (Å²) in [5.74, 6) is 0.443. The highest BCUT2D eigenvalue weighted by molar-refractivity contribution is 5.85. The van der Waals surface area contributed by atoms with Gasteiger partial charge in [-0.25, -0.2) is 0 Å². The second kappa shape index (κ2) is 6.93. The van der Waals surface area contributed by atoms with E-state index in [0.29, 0.717) is 0 Å². The summed E-state index contributed by atoms with van der Waals surface area (Å²) >= 11 is 0. The minimum absolute atomic E-state index is 0.159. The zero-order valence-corrected chi connectivity index (χ0v) is 13.2. The third kappa shape index (κ3) is 3.30. The molecule has 0 aliphatic carbocycles. The number of carbonyl (C=O) groups is 1. The van der Waals surface area contributed by atoms with Gasteiger partial charge in [-0.05, 0) is 42.1 Å². The lowest BCUT2D eigenvalue weighted by molar-refractivity contribution is -0.134. The average molecular weight is 296 g/mol. The predicted molar refractivity (Wildman–Crippen MR) is 90.9 cm³/mol. The Morgan fingerprint density at radius 3 is 2.86 bits per heavy atom. The molecule has 0 radical (unpaired) electrons. The number of amides is 1. The van der Waals surface area contributed by atoms with Crippen molar-refractivity contribution in [1.29, 1.82) is 0 Å². The molecule has 1 saturated heterocycles. The molecule has 3 heteroatoms. The molecular weight excluding hydrogens is 272 g/mol. The molecule has 0 saturated carbocycles. The van der Waals surface area contributed by atoms with Gasteiger partial charge in [0.2, 0.25) is 5.91 Å². The molecule has 1 N–H and O–H groups in total. The zero-order chi connectivity index (χ0) is 15.4. The van der Waals surface area contributed by atoms with E-state index >= 15 is 0 Å². The van der Waals surface area contributed by atoms with Gasteiger partial charge in [-0.1, -0.05) is 42.5 Å². The van der Waals surface area contributed by atoms with E-state index in [9.17, 15) is 4.79 Å². The minimum Gasteiger partial charge on any atom is -0.345 e. The van der Waals surface area contributed by atoms with Crippen LogP contribution in [0.3, 0.4) is 0 Å². The van der Waals surface area contributed by atoms with Gasteiger partial charge in [0.05, 0.1) is 5.92 Å². The fraction of sp³-hybridized carbons (Fsp3) is 0.421. The number of hydrogen-bond acceptors (Lipinski definition) is 2. The van der Waals surface area contributed by atoms with E-state index in [1.54, 1.807) is 0 Å². The standard InChI is InChI=1S/C19H24N2O/c1-21(19(22)17-9-5-12-20-14-17)13-11-16-8-4-7-15-6-2-3-10-18(15)16/h2-4,6-8,10,17,20H,5,9,11-14H2,1H3. The topological polar surface area (TPSA) is 32.3 Å². The van der Waals surface area contributed by atoms with E-state index in [-0.39, 0.29) is 11.8 Å². The van der Waals surface area contributed by atoms with Crippen molar-refractivity contribution in [3.63, 3.8) is 0 Å². The molecule has 1 amide bonds. The Morgan fingerprint density at radius 1 is 1.23 bits per heavy atom. The van der Waals surface area contributed by atoms with Crippen LogP contribution >= 0.6 is 0 Å². The highest BCUT2D eigenvalue weighted by atomic mass is 16.2. The molecule has 0 bridgehead atoms. The summed E-state index contributed by atoms with van der Waals surface area (Å²) in [7, 11) is 1.93. The van der Waals surface area contributed by atoms with Gasteiger partial charge in [0.15, 0.2) is 0 Å². The molecule has 2 aromatic carbocycles. The van der Waals surface area contributed by atoms with Crippen LogP contribution in [0.4, 0.5) is 0 Å². The predicted octanol–water partition coefficient (Wildman–Crippen LogP) is 2.84. The summed E-state index contributed by atoms with van der Waals surface area (Å²) in [5, 5.41) is 5.89. The van der Waals surface area contributed by atoms with Crippen molar-refractivity contribution in [2.75, 3.05) is 26.7 Å². The number of fused-ring (bicyclic) bond motifs is 1. The molecule has 116 valence electrons. The van der Waals surface area contributed by atoms with Crippen LogP contribution in [0.1, 0.15) is 18.4 Å². The van der Waals surface area contributed by atoms with E-state index in [1.807, 2.05) is 11.9 Å². The largest absolute Gasteiger partial charge is 0.345 e. The maximum absolute atomic E-state index is 12.5. The Labute approximate surface area is 132 Å². The molecule has 1 fully saturated rings. The first-order valence-electron chi connectivity index (χ1n) is 8.18.